The molecule has 0 saturated carbocycles. The number of aryl methyl sites for hydroxylation is 1. The molecule has 2 aliphatic rings. The van der Waals surface area contributed by atoms with Crippen LogP contribution in [0.4, 0.5) is 5.69 Å². The van der Waals surface area contributed by atoms with E-state index in [1.165, 1.54) is 5.01 Å². The maximum atomic E-state index is 12.8. The quantitative estimate of drug-likeness (QED) is 0.713. The minimum Gasteiger partial charge on any atom is -0.486 e. The van der Waals surface area contributed by atoms with Crippen molar-refractivity contribution in [1.82, 2.24) is 10.7 Å². The summed E-state index contributed by atoms with van der Waals surface area (Å²) in [6.07, 6.45) is 0. The molecule has 0 fully saturated rings. The zero-order chi connectivity index (χ0) is 21.3. The molecule has 2 aliphatic heterocycles. The molecule has 2 aromatic carbocycles. The number of hydrogen-bond donors (Lipinski definition) is 2. The Morgan fingerprint density at radius 2 is 1.87 bits per heavy atom. The summed E-state index contributed by atoms with van der Waals surface area (Å²) in [6.45, 7) is 4.71. The van der Waals surface area contributed by atoms with Crippen LogP contribution in [0, 0.1) is 6.92 Å². The number of carbonyl (C=O) groups is 2. The molecule has 9 heteroatoms. The van der Waals surface area contributed by atoms with Crippen molar-refractivity contribution in [3.05, 3.63) is 52.0 Å². The van der Waals surface area contributed by atoms with E-state index in [0.29, 0.717) is 30.4 Å². The molecule has 0 saturated heterocycles. The van der Waals surface area contributed by atoms with Crippen LogP contribution in [0.3, 0.4) is 0 Å². The van der Waals surface area contributed by atoms with E-state index in [9.17, 15) is 9.59 Å². The van der Waals surface area contributed by atoms with E-state index in [1.807, 2.05) is 50.2 Å². The van der Waals surface area contributed by atoms with Crippen LogP contribution in [-0.2, 0) is 9.59 Å². The molecule has 0 spiro atoms. The number of nitrogens with one attached hydrogen (secondary N) is 2. The highest BCUT2D eigenvalue weighted by atomic mass is 79.9. The molecule has 0 aliphatic carbocycles. The minimum atomic E-state index is -0.408. The van der Waals surface area contributed by atoms with Crippen LogP contribution in [0.15, 0.2) is 45.9 Å². The Morgan fingerprint density at radius 3 is 2.57 bits per heavy atom. The summed E-state index contributed by atoms with van der Waals surface area (Å²) in [5, 5.41) is 4.25. The second-order valence-corrected chi connectivity index (χ2v) is 7.91. The van der Waals surface area contributed by atoms with Gasteiger partial charge in [-0.25, -0.2) is 5.01 Å². The lowest BCUT2D eigenvalue weighted by Crippen LogP contribution is -2.56. The molecule has 2 amide bonds. The number of carbonyl (C=O) groups excluding carboxylic acids is 2. The number of halogens is 1. The molecule has 4 rings (SSSR count). The fourth-order valence-electron chi connectivity index (χ4n) is 3.20. The first kappa shape index (κ1) is 20.2. The van der Waals surface area contributed by atoms with Crippen molar-refractivity contribution in [2.45, 2.75) is 19.9 Å². The maximum Gasteiger partial charge on any atom is 0.288 e. The summed E-state index contributed by atoms with van der Waals surface area (Å²) >= 11 is 3.53. The standard InChI is InChI=1S/C21H21BrN4O4/c1-12-3-5-14(6-4-12)26-19(27)11-23-20(25-26)21(28)24-13(2)15-9-17-18(10-16(15)22)30-8-7-29-17/h3-6,9-10,13H,7-8,11H2,1-2H3,(H,23,25)(H,24,28). The topological polar surface area (TPSA) is 92.3 Å². The summed E-state index contributed by atoms with van der Waals surface area (Å²) in [4.78, 5) is 29.2. The first-order valence-electron chi connectivity index (χ1n) is 9.53. The first-order chi connectivity index (χ1) is 14.4. The van der Waals surface area contributed by atoms with Crippen LogP contribution in [-0.4, -0.2) is 37.4 Å². The summed E-state index contributed by atoms with van der Waals surface area (Å²) in [5.41, 5.74) is 5.39. The summed E-state index contributed by atoms with van der Waals surface area (Å²) in [5.74, 6) is 0.744. The Balaban J connectivity index is 1.48. The Morgan fingerprint density at radius 1 is 1.20 bits per heavy atom. The number of rotatable bonds is 4. The lowest BCUT2D eigenvalue weighted by molar-refractivity contribution is -0.118. The van der Waals surface area contributed by atoms with Crippen molar-refractivity contribution < 1.29 is 19.1 Å². The second-order valence-electron chi connectivity index (χ2n) is 7.05. The average molecular weight is 473 g/mol. The Labute approximate surface area is 182 Å². The van der Waals surface area contributed by atoms with Crippen molar-refractivity contribution in [2.24, 2.45) is 4.99 Å². The van der Waals surface area contributed by atoms with Gasteiger partial charge >= 0.3 is 0 Å². The number of anilines is 1. The minimum absolute atomic E-state index is 0.0793. The lowest BCUT2D eigenvalue weighted by Gasteiger charge is -2.28. The smallest absolute Gasteiger partial charge is 0.288 e. The van der Waals surface area contributed by atoms with E-state index in [0.717, 1.165) is 15.6 Å². The summed E-state index contributed by atoms with van der Waals surface area (Å²) in [7, 11) is 0. The van der Waals surface area contributed by atoms with Crippen LogP contribution < -0.4 is 25.2 Å². The number of amidine groups is 1. The molecule has 2 N–H and O–H groups in total. The van der Waals surface area contributed by atoms with E-state index < -0.39 is 5.91 Å². The van der Waals surface area contributed by atoms with Gasteiger partial charge < -0.3 is 14.8 Å². The van der Waals surface area contributed by atoms with Crippen molar-refractivity contribution in [2.75, 3.05) is 24.8 Å². The van der Waals surface area contributed by atoms with Gasteiger partial charge in [-0.3, -0.25) is 20.0 Å². The fourth-order valence-corrected chi connectivity index (χ4v) is 3.87. The molecule has 0 bridgehead atoms. The van der Waals surface area contributed by atoms with E-state index >= 15 is 0 Å². The lowest BCUT2D eigenvalue weighted by atomic mass is 10.1. The van der Waals surface area contributed by atoms with Crippen LogP contribution >= 0.6 is 15.9 Å². The second kappa shape index (κ2) is 8.35. The zero-order valence-electron chi connectivity index (χ0n) is 16.6. The van der Waals surface area contributed by atoms with E-state index in [1.54, 1.807) is 0 Å². The summed E-state index contributed by atoms with van der Waals surface area (Å²) < 4.78 is 12.0. The van der Waals surface area contributed by atoms with Gasteiger partial charge in [0.1, 0.15) is 19.8 Å². The van der Waals surface area contributed by atoms with E-state index in [4.69, 9.17) is 9.47 Å². The number of fused-ring (bicyclic) bond motifs is 1. The predicted molar refractivity (Wildman–Crippen MR) is 116 cm³/mol. The molecule has 0 aromatic heterocycles. The number of aliphatic imine (C=N–C) groups is 1. The van der Waals surface area contributed by atoms with Crippen LogP contribution in [0.2, 0.25) is 0 Å². The van der Waals surface area contributed by atoms with Crippen LogP contribution in [0.1, 0.15) is 24.1 Å². The first-order valence-corrected chi connectivity index (χ1v) is 10.3. The van der Waals surface area contributed by atoms with Gasteiger partial charge in [-0.1, -0.05) is 33.6 Å². The Kier molecular flexibility index (Phi) is 5.63. The molecule has 0 radical (unpaired) electrons. The number of hydrazine groups is 1. The predicted octanol–water partition coefficient (Wildman–Crippen LogP) is 2.66. The zero-order valence-corrected chi connectivity index (χ0v) is 18.2. The van der Waals surface area contributed by atoms with Crippen molar-refractivity contribution in [3.8, 4) is 11.5 Å². The van der Waals surface area contributed by atoms with Gasteiger partial charge in [0.2, 0.25) is 5.84 Å². The highest BCUT2D eigenvalue weighted by molar-refractivity contribution is 9.10. The third kappa shape index (κ3) is 4.11. The van der Waals surface area contributed by atoms with Gasteiger partial charge in [-0.2, -0.15) is 0 Å². The molecule has 1 unspecified atom stereocenters. The van der Waals surface area contributed by atoms with Crippen LogP contribution in [0.25, 0.3) is 0 Å². The third-order valence-corrected chi connectivity index (χ3v) is 5.51. The average Bonchev–Trinajstić information content (AvgIpc) is 2.74. The number of ether oxygens (including phenoxy) is 2. The number of amides is 2. The third-order valence-electron chi connectivity index (χ3n) is 4.82. The van der Waals surface area contributed by atoms with Crippen LogP contribution in [0.5, 0.6) is 11.5 Å². The maximum absolute atomic E-state index is 12.8. The molecule has 2 aromatic rings. The molecule has 30 heavy (non-hydrogen) atoms. The van der Waals surface area contributed by atoms with Gasteiger partial charge in [0.15, 0.2) is 11.5 Å². The molecule has 156 valence electrons. The normalized spacial score (nSPS) is 16.4. The van der Waals surface area contributed by atoms with Gasteiger partial charge in [-0.15, -0.1) is 0 Å². The van der Waals surface area contributed by atoms with E-state index in [-0.39, 0.29) is 24.3 Å². The molecular formula is C21H21BrN4O4. The fraction of sp³-hybridized carbons (Fsp3) is 0.286. The van der Waals surface area contributed by atoms with Gasteiger partial charge in [0.05, 0.1) is 11.7 Å². The molecular weight excluding hydrogens is 452 g/mol. The largest absolute Gasteiger partial charge is 0.486 e. The van der Waals surface area contributed by atoms with E-state index in [2.05, 4.69) is 31.7 Å². The Bertz CT molecular complexity index is 1020. The monoisotopic (exact) mass is 472 g/mol. The van der Waals surface area contributed by atoms with Gasteiger partial charge in [-0.05, 0) is 43.7 Å². The highest BCUT2D eigenvalue weighted by Crippen LogP contribution is 2.37. The highest BCUT2D eigenvalue weighted by Gasteiger charge is 2.27. The summed E-state index contributed by atoms with van der Waals surface area (Å²) in [6, 6.07) is 10.8. The Hall–Kier alpha value is -3.07. The number of nitrogens with zero attached hydrogens (tertiary/aromatic N) is 2. The van der Waals surface area contributed by atoms with Crippen molar-refractivity contribution >= 4 is 39.3 Å². The SMILES string of the molecule is Cc1ccc(N2NC(C(=O)NC(C)c3cc4c(cc3Br)OCCO4)=NCC2=O)cc1. The van der Waals surface area contributed by atoms with Crippen molar-refractivity contribution in [1.29, 1.82) is 0 Å². The van der Waals surface area contributed by atoms with Gasteiger partial charge in [0, 0.05) is 4.47 Å². The number of hydrogen-bond acceptors (Lipinski definition) is 6. The van der Waals surface area contributed by atoms with Gasteiger partial charge in [0.25, 0.3) is 11.8 Å². The number of benzene rings is 2. The molecule has 8 nitrogen and oxygen atoms in total. The molecule has 2 heterocycles. The molecule has 1 atom stereocenters. The van der Waals surface area contributed by atoms with Crippen molar-refractivity contribution in [3.63, 3.8) is 0 Å².